The summed E-state index contributed by atoms with van der Waals surface area (Å²) in [6, 6.07) is 5.96. The first kappa shape index (κ1) is 20.7. The van der Waals surface area contributed by atoms with Crippen LogP contribution in [0.4, 0.5) is 5.95 Å². The van der Waals surface area contributed by atoms with Crippen molar-refractivity contribution >= 4 is 23.2 Å². The van der Waals surface area contributed by atoms with Crippen LogP contribution in [0.25, 0.3) is 21.9 Å². The Morgan fingerprint density at radius 1 is 1.19 bits per heavy atom. The van der Waals surface area contributed by atoms with Gasteiger partial charge in [-0.2, -0.15) is 5.10 Å². The lowest BCUT2D eigenvalue weighted by atomic mass is 10.1. The van der Waals surface area contributed by atoms with Gasteiger partial charge >= 0.3 is 0 Å². The van der Waals surface area contributed by atoms with Crippen molar-refractivity contribution in [1.82, 2.24) is 30.2 Å². The average molecular weight is 438 g/mol. The van der Waals surface area contributed by atoms with E-state index in [4.69, 9.17) is 9.51 Å². The van der Waals surface area contributed by atoms with Gasteiger partial charge in [-0.3, -0.25) is 9.48 Å². The lowest BCUT2D eigenvalue weighted by Crippen LogP contribution is -2.29. The first-order chi connectivity index (χ1) is 14.9. The highest BCUT2D eigenvalue weighted by Crippen LogP contribution is 2.35. The Balaban J connectivity index is 1.46. The molecule has 4 aromatic rings. The van der Waals surface area contributed by atoms with Crippen LogP contribution in [-0.4, -0.2) is 43.9 Å². The molecule has 0 saturated carbocycles. The van der Waals surface area contributed by atoms with Crippen LogP contribution in [0.15, 0.2) is 35.1 Å². The molecule has 4 aromatic heterocycles. The van der Waals surface area contributed by atoms with Crippen molar-refractivity contribution in [2.75, 3.05) is 18.4 Å². The normalized spacial score (nSPS) is 11.0. The monoisotopic (exact) mass is 437 g/mol. The number of hydrogen-bond donors (Lipinski definition) is 2. The highest BCUT2D eigenvalue weighted by Gasteiger charge is 2.17. The molecular formula is C21H23N7O2S. The molecule has 0 bridgehead atoms. The Labute approximate surface area is 183 Å². The van der Waals surface area contributed by atoms with Gasteiger partial charge in [0.1, 0.15) is 0 Å². The Kier molecular flexibility index (Phi) is 5.81. The molecule has 31 heavy (non-hydrogen) atoms. The molecule has 0 spiro atoms. The lowest BCUT2D eigenvalue weighted by molar-refractivity contribution is 0.0954. The van der Waals surface area contributed by atoms with Crippen LogP contribution in [0.5, 0.6) is 0 Å². The highest BCUT2D eigenvalue weighted by molar-refractivity contribution is 7.15. The van der Waals surface area contributed by atoms with E-state index in [1.165, 1.54) is 4.88 Å². The van der Waals surface area contributed by atoms with E-state index in [0.717, 1.165) is 27.5 Å². The van der Waals surface area contributed by atoms with E-state index in [1.54, 1.807) is 35.5 Å². The number of anilines is 1. The molecule has 0 radical (unpaired) electrons. The standard InChI is InChI=1S/C21H23N7O2S/c1-12-9-17(30-27-12)16-10-24-21(26-19(16)18-6-5-13(2)31-18)23-8-7-22-20(29)15-11-25-28(4)14(15)3/h5-6,9-11H,7-8H2,1-4H3,(H,22,29)(H,23,24,26). The lowest BCUT2D eigenvalue weighted by Gasteiger charge is -2.09. The molecular weight excluding hydrogens is 414 g/mol. The van der Waals surface area contributed by atoms with Gasteiger partial charge in [0.25, 0.3) is 5.91 Å². The largest absolute Gasteiger partial charge is 0.356 e. The van der Waals surface area contributed by atoms with Gasteiger partial charge in [-0.1, -0.05) is 5.16 Å². The van der Waals surface area contributed by atoms with Gasteiger partial charge in [-0.25, -0.2) is 9.97 Å². The van der Waals surface area contributed by atoms with E-state index < -0.39 is 0 Å². The predicted molar refractivity (Wildman–Crippen MR) is 119 cm³/mol. The maximum absolute atomic E-state index is 12.3. The molecule has 0 fully saturated rings. The Bertz CT molecular complexity index is 1220. The molecule has 1 amide bonds. The fourth-order valence-corrected chi connectivity index (χ4v) is 3.93. The first-order valence-corrected chi connectivity index (χ1v) is 10.6. The molecule has 4 rings (SSSR count). The topological polar surface area (TPSA) is 111 Å². The van der Waals surface area contributed by atoms with Crippen LogP contribution in [-0.2, 0) is 7.05 Å². The van der Waals surface area contributed by atoms with Gasteiger partial charge in [-0.05, 0) is 32.9 Å². The number of carbonyl (C=O) groups is 1. The number of amides is 1. The molecule has 0 aliphatic rings. The van der Waals surface area contributed by atoms with Crippen molar-refractivity contribution in [3.63, 3.8) is 0 Å². The Hall–Kier alpha value is -3.53. The third-order valence-electron chi connectivity index (χ3n) is 4.83. The maximum atomic E-state index is 12.3. The van der Waals surface area contributed by atoms with Gasteiger partial charge in [0, 0.05) is 43.0 Å². The summed E-state index contributed by atoms with van der Waals surface area (Å²) in [4.78, 5) is 23.6. The van der Waals surface area contributed by atoms with Crippen LogP contribution < -0.4 is 10.6 Å². The van der Waals surface area contributed by atoms with Gasteiger partial charge in [0.15, 0.2) is 5.76 Å². The van der Waals surface area contributed by atoms with E-state index >= 15 is 0 Å². The van der Waals surface area contributed by atoms with Crippen molar-refractivity contribution in [3.05, 3.63) is 52.4 Å². The first-order valence-electron chi connectivity index (χ1n) is 9.80. The zero-order valence-corrected chi connectivity index (χ0v) is 18.6. The molecule has 4 heterocycles. The second-order valence-corrected chi connectivity index (χ2v) is 8.44. The fraction of sp³-hybridized carbons (Fsp3) is 0.286. The molecule has 0 aliphatic carbocycles. The summed E-state index contributed by atoms with van der Waals surface area (Å²) >= 11 is 1.65. The smallest absolute Gasteiger partial charge is 0.254 e. The Morgan fingerprint density at radius 2 is 2.03 bits per heavy atom. The summed E-state index contributed by atoms with van der Waals surface area (Å²) in [6.45, 7) is 6.70. The molecule has 0 atom stereocenters. The number of carbonyl (C=O) groups excluding carboxylic acids is 1. The highest BCUT2D eigenvalue weighted by atomic mass is 32.1. The van der Waals surface area contributed by atoms with E-state index in [-0.39, 0.29) is 5.91 Å². The SMILES string of the molecule is Cc1cc(-c2cnc(NCCNC(=O)c3cnn(C)c3C)nc2-c2ccc(C)s2)on1. The fourth-order valence-electron chi connectivity index (χ4n) is 3.05. The van der Waals surface area contributed by atoms with Crippen molar-refractivity contribution in [1.29, 1.82) is 0 Å². The van der Waals surface area contributed by atoms with E-state index in [9.17, 15) is 4.79 Å². The van der Waals surface area contributed by atoms with Gasteiger partial charge in [-0.15, -0.1) is 11.3 Å². The van der Waals surface area contributed by atoms with Gasteiger partial charge < -0.3 is 15.2 Å². The minimum atomic E-state index is -0.154. The molecule has 0 unspecified atom stereocenters. The third kappa shape index (κ3) is 4.48. The van der Waals surface area contributed by atoms with Crippen molar-refractivity contribution < 1.29 is 9.32 Å². The van der Waals surface area contributed by atoms with Crippen molar-refractivity contribution in [2.45, 2.75) is 20.8 Å². The number of aromatic nitrogens is 5. The van der Waals surface area contributed by atoms with Gasteiger partial charge in [0.05, 0.1) is 33.6 Å². The molecule has 2 N–H and O–H groups in total. The minimum Gasteiger partial charge on any atom is -0.356 e. The number of aryl methyl sites for hydroxylation is 3. The molecule has 9 nitrogen and oxygen atoms in total. The van der Waals surface area contributed by atoms with Crippen molar-refractivity contribution in [3.8, 4) is 21.9 Å². The predicted octanol–water partition coefficient (Wildman–Crippen LogP) is 3.36. The van der Waals surface area contributed by atoms with Crippen LogP contribution >= 0.6 is 11.3 Å². The quantitative estimate of drug-likeness (QED) is 0.427. The maximum Gasteiger partial charge on any atom is 0.254 e. The minimum absolute atomic E-state index is 0.154. The molecule has 160 valence electrons. The van der Waals surface area contributed by atoms with Gasteiger partial charge in [0.2, 0.25) is 5.95 Å². The number of rotatable bonds is 7. The van der Waals surface area contributed by atoms with Crippen LogP contribution in [0, 0.1) is 20.8 Å². The van der Waals surface area contributed by atoms with E-state index in [0.29, 0.717) is 30.4 Å². The summed E-state index contributed by atoms with van der Waals surface area (Å²) < 4.78 is 7.11. The number of nitrogens with one attached hydrogen (secondary N) is 2. The van der Waals surface area contributed by atoms with E-state index in [2.05, 4.69) is 38.9 Å². The molecule has 0 saturated heterocycles. The number of nitrogens with zero attached hydrogens (tertiary/aromatic N) is 5. The second-order valence-electron chi connectivity index (χ2n) is 7.15. The summed E-state index contributed by atoms with van der Waals surface area (Å²) in [5.41, 5.74) is 3.75. The molecule has 10 heteroatoms. The molecule has 0 aromatic carbocycles. The van der Waals surface area contributed by atoms with Crippen LogP contribution in [0.2, 0.25) is 0 Å². The summed E-state index contributed by atoms with van der Waals surface area (Å²) in [7, 11) is 1.81. The third-order valence-corrected chi connectivity index (χ3v) is 5.84. The summed E-state index contributed by atoms with van der Waals surface area (Å²) in [5.74, 6) is 0.955. The van der Waals surface area contributed by atoms with Crippen LogP contribution in [0.1, 0.15) is 26.6 Å². The zero-order chi connectivity index (χ0) is 22.0. The Morgan fingerprint density at radius 3 is 2.68 bits per heavy atom. The average Bonchev–Trinajstić information content (AvgIpc) is 3.46. The van der Waals surface area contributed by atoms with Crippen LogP contribution in [0.3, 0.4) is 0 Å². The number of thiophene rings is 1. The zero-order valence-electron chi connectivity index (χ0n) is 17.8. The number of hydrogen-bond acceptors (Lipinski definition) is 8. The van der Waals surface area contributed by atoms with E-state index in [1.807, 2.05) is 26.0 Å². The molecule has 0 aliphatic heterocycles. The second kappa shape index (κ2) is 8.68. The summed E-state index contributed by atoms with van der Waals surface area (Å²) in [6.07, 6.45) is 3.30. The summed E-state index contributed by atoms with van der Waals surface area (Å²) in [5, 5.41) is 14.1. The van der Waals surface area contributed by atoms with Crippen molar-refractivity contribution in [2.24, 2.45) is 7.05 Å².